The van der Waals surface area contributed by atoms with Gasteiger partial charge in [0.05, 0.1) is 0 Å². The molecule has 3 heterocycles. The number of rotatable bonds is 12. The van der Waals surface area contributed by atoms with Gasteiger partial charge in [0, 0.05) is 137 Å². The molecule has 0 N–H and O–H groups in total. The van der Waals surface area contributed by atoms with Gasteiger partial charge in [-0.1, -0.05) is 392 Å². The highest BCUT2D eigenvalue weighted by Gasteiger charge is 2.40. The molecule has 662 valence electrons. The number of aryl methyl sites for hydroxylation is 3. The molecule has 0 aliphatic heterocycles. The number of hydrogen-bond acceptors (Lipinski definition) is 2. The summed E-state index contributed by atoms with van der Waals surface area (Å²) >= 11 is 0. The fourth-order valence-electron chi connectivity index (χ4n) is 22.0. The molecule has 24 rings (SSSR count). The minimum absolute atomic E-state index is 0. The molecule has 3 aliphatic carbocycles. The van der Waals surface area contributed by atoms with Crippen LogP contribution in [-0.4, -0.2) is 13.7 Å². The number of aromatic nitrogens is 3. The maximum absolute atomic E-state index is 2.41. The van der Waals surface area contributed by atoms with Crippen LogP contribution < -0.4 is 9.80 Å². The summed E-state index contributed by atoms with van der Waals surface area (Å²) in [5.74, 6) is 0. The van der Waals surface area contributed by atoms with Crippen LogP contribution in [0.2, 0.25) is 0 Å². The van der Waals surface area contributed by atoms with E-state index in [0.717, 1.165) is 34.1 Å². The standard InChI is InChI=1S/C63H51N.C57H42N4.8CH4/c1-61(2)52-22-10-7-16-49(52)58-46(19-13-25-55(58)61)40-28-34-43(35-29-40)64(44-36-30-41(31-37-44)47-20-14-26-56-59(47)50-17-8-11-23-53(50)62(56,3)4)45-38-32-42(33-39-45)48-21-15-27-57-60(48)51-18-9-12-24-54(51)63(57,5)6;1-58-49-19-7-4-13-46(49)55-43(16-10-22-52(55)58)37-25-31-40(32-26-37)61(41-33-27-38(28-34-41)44-17-11-23-53-56(44)47-14-5-8-20-50(47)59(53)2)42-35-29-39(30-36-42)45-18-12-24-54-57(45)48-15-6-9-21-51(48)60(54)3;;;;;;;;/h7-39H,1-6H3;4-36H,1-3H3;8*1H4. The van der Waals surface area contributed by atoms with E-state index in [1.54, 1.807) is 0 Å². The van der Waals surface area contributed by atoms with Crippen molar-refractivity contribution in [1.82, 2.24) is 13.7 Å². The van der Waals surface area contributed by atoms with Crippen molar-refractivity contribution in [1.29, 1.82) is 0 Å². The number of para-hydroxylation sites is 3. The second kappa shape index (κ2) is 35.7. The van der Waals surface area contributed by atoms with Crippen molar-refractivity contribution in [3.63, 3.8) is 0 Å². The van der Waals surface area contributed by atoms with Gasteiger partial charge in [-0.3, -0.25) is 0 Å². The summed E-state index contributed by atoms with van der Waals surface area (Å²) in [4.78, 5) is 4.79. The zero-order valence-electron chi connectivity index (χ0n) is 71.8. The highest BCUT2D eigenvalue weighted by molar-refractivity contribution is 6.18. The van der Waals surface area contributed by atoms with Gasteiger partial charge in [0.1, 0.15) is 0 Å². The van der Waals surface area contributed by atoms with Crippen molar-refractivity contribution in [2.75, 3.05) is 9.80 Å². The van der Waals surface area contributed by atoms with Gasteiger partial charge < -0.3 is 23.5 Å². The zero-order chi connectivity index (χ0) is 84.3. The van der Waals surface area contributed by atoms with Gasteiger partial charge >= 0.3 is 0 Å². The summed E-state index contributed by atoms with van der Waals surface area (Å²) in [7, 11) is 6.49. The molecular weight excluding hydrogens is 1610 g/mol. The van der Waals surface area contributed by atoms with E-state index in [4.69, 9.17) is 0 Å². The Bertz CT molecular complexity index is 7170. The molecule has 0 saturated carbocycles. The van der Waals surface area contributed by atoms with Crippen LogP contribution in [-0.2, 0) is 37.4 Å². The summed E-state index contributed by atoms with van der Waals surface area (Å²) in [5.41, 5.74) is 45.3. The smallest absolute Gasteiger partial charge is 0.0495 e. The molecule has 0 bridgehead atoms. The lowest BCUT2D eigenvalue weighted by atomic mass is 9.82. The first kappa shape index (κ1) is 92.7. The summed E-state index contributed by atoms with van der Waals surface area (Å²) in [6.07, 6.45) is 0. The number of hydrogen-bond donors (Lipinski definition) is 0. The first-order valence-corrected chi connectivity index (χ1v) is 43.9. The zero-order valence-corrected chi connectivity index (χ0v) is 71.8. The number of fused-ring (bicyclic) bond motifs is 18. The van der Waals surface area contributed by atoms with Crippen LogP contribution in [0, 0.1) is 0 Å². The Hall–Kier alpha value is -15.0. The molecule has 0 amide bonds. The molecule has 0 fully saturated rings. The molecule has 5 heteroatoms. The van der Waals surface area contributed by atoms with Gasteiger partial charge in [-0.2, -0.15) is 0 Å². The SMILES string of the molecule is C.C.C.C.C.C.C.C.CC1(C)c2ccccc2-c2c(-c3ccc(N(c4ccc(-c5cccc6c5-c5ccccc5C6(C)C)cc4)c4ccc(-c5cccc6c5-c5ccccc5C6(C)C)cc4)cc3)cccc21.Cn1c2ccccc2c2c(-c3ccc(N(c4ccc(-c5cccc6c5c5ccccc5n6C)cc4)c4ccc(-c5cccc6c5c5ccccc5n6C)cc4)cc3)cccc21. The molecule has 0 saturated heterocycles. The van der Waals surface area contributed by atoms with Gasteiger partial charge in [0.15, 0.2) is 0 Å². The Morgan fingerprint density at radius 1 is 0.165 bits per heavy atom. The average Bonchev–Trinajstić information content (AvgIpc) is 1.57. The van der Waals surface area contributed by atoms with E-state index in [-0.39, 0.29) is 75.7 Å². The quantitative estimate of drug-likeness (QED) is 0.122. The predicted molar refractivity (Wildman–Crippen MR) is 583 cm³/mol. The van der Waals surface area contributed by atoms with E-state index in [0.29, 0.717) is 0 Å². The topological polar surface area (TPSA) is 21.3 Å². The molecule has 133 heavy (non-hydrogen) atoms. The second-order valence-electron chi connectivity index (χ2n) is 36.0. The highest BCUT2D eigenvalue weighted by atomic mass is 15.1. The second-order valence-corrected chi connectivity index (χ2v) is 36.0. The summed E-state index contributed by atoms with van der Waals surface area (Å²) in [6, 6.07) is 148. The average molecular weight is 1730 g/mol. The Labute approximate surface area is 789 Å². The highest BCUT2D eigenvalue weighted by Crippen LogP contribution is 2.57. The number of nitrogens with zero attached hydrogens (tertiary/aromatic N) is 5. The fourth-order valence-corrected chi connectivity index (χ4v) is 22.0. The van der Waals surface area contributed by atoms with Crippen LogP contribution in [0.4, 0.5) is 34.1 Å². The molecule has 3 aliphatic rings. The van der Waals surface area contributed by atoms with Crippen molar-refractivity contribution < 1.29 is 0 Å². The minimum Gasteiger partial charge on any atom is -0.344 e. The largest absolute Gasteiger partial charge is 0.344 e. The normalized spacial score (nSPS) is 12.7. The summed E-state index contributed by atoms with van der Waals surface area (Å²) in [6.45, 7) is 14.1. The van der Waals surface area contributed by atoms with Gasteiger partial charge in [-0.25, -0.2) is 0 Å². The van der Waals surface area contributed by atoms with Gasteiger partial charge in [-0.15, -0.1) is 0 Å². The predicted octanol–water partition coefficient (Wildman–Crippen LogP) is 37.3. The van der Waals surface area contributed by atoms with E-state index < -0.39 is 0 Å². The monoisotopic (exact) mass is 1730 g/mol. The van der Waals surface area contributed by atoms with E-state index in [1.807, 2.05) is 0 Å². The van der Waals surface area contributed by atoms with Gasteiger partial charge in [-0.05, 0) is 243 Å². The van der Waals surface area contributed by atoms with Crippen LogP contribution in [0.1, 0.15) is 134 Å². The third-order valence-corrected chi connectivity index (χ3v) is 28.3. The van der Waals surface area contributed by atoms with Crippen LogP contribution >= 0.6 is 0 Å². The first-order chi connectivity index (χ1) is 61.1. The lowest BCUT2D eigenvalue weighted by molar-refractivity contribution is 0.660. The number of anilines is 6. The lowest BCUT2D eigenvalue weighted by Crippen LogP contribution is -2.14. The van der Waals surface area contributed by atoms with Gasteiger partial charge in [0.2, 0.25) is 0 Å². The van der Waals surface area contributed by atoms with E-state index in [2.05, 4.69) is 487 Å². The fraction of sp³-hybridized carbons (Fsp3) is 0.156. The van der Waals surface area contributed by atoms with E-state index >= 15 is 0 Å². The first-order valence-electron chi connectivity index (χ1n) is 43.9. The van der Waals surface area contributed by atoms with Crippen LogP contribution in [0.15, 0.2) is 400 Å². The Balaban J connectivity index is 0.000000192. The maximum atomic E-state index is 2.41. The Kier molecular flexibility index (Phi) is 24.9. The molecule has 3 aromatic heterocycles. The van der Waals surface area contributed by atoms with Crippen molar-refractivity contribution in [3.8, 4) is 100 Å². The summed E-state index contributed by atoms with van der Waals surface area (Å²) in [5, 5.41) is 7.70. The third-order valence-electron chi connectivity index (χ3n) is 28.3. The molecule has 5 nitrogen and oxygen atoms in total. The third kappa shape index (κ3) is 14.5. The van der Waals surface area contributed by atoms with Crippen LogP contribution in [0.3, 0.4) is 0 Å². The molecule has 21 aromatic rings. The lowest BCUT2D eigenvalue weighted by Gasteiger charge is -2.27. The van der Waals surface area contributed by atoms with Crippen molar-refractivity contribution in [2.24, 2.45) is 21.1 Å². The van der Waals surface area contributed by atoms with E-state index in [1.165, 1.54) is 199 Å². The number of benzene rings is 18. The molecule has 18 aromatic carbocycles. The van der Waals surface area contributed by atoms with Crippen molar-refractivity contribution >= 4 is 99.5 Å². The Morgan fingerprint density at radius 3 is 0.579 bits per heavy atom. The van der Waals surface area contributed by atoms with E-state index in [9.17, 15) is 0 Å². The molecule has 0 radical (unpaired) electrons. The molecular formula is C128H125N5. The minimum atomic E-state index is -0.0458. The van der Waals surface area contributed by atoms with Crippen molar-refractivity contribution in [2.45, 2.75) is 117 Å². The van der Waals surface area contributed by atoms with Crippen LogP contribution in [0.25, 0.3) is 166 Å². The molecule has 0 atom stereocenters. The van der Waals surface area contributed by atoms with Crippen molar-refractivity contribution in [3.05, 3.63) is 434 Å². The Morgan fingerprint density at radius 2 is 0.338 bits per heavy atom. The molecule has 0 unspecified atom stereocenters. The van der Waals surface area contributed by atoms with Gasteiger partial charge in [0.25, 0.3) is 0 Å². The molecule has 0 spiro atoms. The van der Waals surface area contributed by atoms with Crippen LogP contribution in [0.5, 0.6) is 0 Å². The maximum Gasteiger partial charge on any atom is 0.0495 e. The summed E-state index contributed by atoms with van der Waals surface area (Å²) < 4.78 is 6.91.